The number of carbonyl (C=O) groups excluding carboxylic acids is 1. The Hall–Kier alpha value is -2.04. The quantitative estimate of drug-likeness (QED) is 0.915. The molecule has 1 aromatic rings. The highest BCUT2D eigenvalue weighted by molar-refractivity contribution is 5.97. The van der Waals surface area contributed by atoms with E-state index in [0.29, 0.717) is 18.5 Å². The molecule has 1 heterocycles. The van der Waals surface area contributed by atoms with Gasteiger partial charge in [-0.25, -0.2) is 4.79 Å². The van der Waals surface area contributed by atoms with Gasteiger partial charge in [0, 0.05) is 31.9 Å². The maximum atomic E-state index is 12.5. The number of anilines is 1. The van der Waals surface area contributed by atoms with Gasteiger partial charge in [0.15, 0.2) is 0 Å². The minimum atomic E-state index is -0.915. The molecular formula is C15H20N2O3. The van der Waals surface area contributed by atoms with Crippen LogP contribution in [0.25, 0.3) is 0 Å². The Labute approximate surface area is 118 Å². The highest BCUT2D eigenvalue weighted by atomic mass is 16.4. The molecule has 5 heteroatoms. The molecule has 0 spiro atoms. The van der Waals surface area contributed by atoms with Crippen molar-refractivity contribution in [3.63, 3.8) is 0 Å². The van der Waals surface area contributed by atoms with Gasteiger partial charge in [0.1, 0.15) is 6.04 Å². The summed E-state index contributed by atoms with van der Waals surface area (Å²) in [5.41, 5.74) is 1.48. The number of carboxylic acids is 1. The Balaban J connectivity index is 2.25. The lowest BCUT2D eigenvalue weighted by molar-refractivity contribution is -0.143. The third kappa shape index (κ3) is 2.92. The van der Waals surface area contributed by atoms with E-state index >= 15 is 0 Å². The van der Waals surface area contributed by atoms with Crippen LogP contribution in [-0.2, 0) is 4.79 Å². The van der Waals surface area contributed by atoms with E-state index in [-0.39, 0.29) is 5.91 Å². The van der Waals surface area contributed by atoms with Crippen LogP contribution in [-0.4, -0.2) is 48.6 Å². The van der Waals surface area contributed by atoms with Gasteiger partial charge >= 0.3 is 5.97 Å². The summed E-state index contributed by atoms with van der Waals surface area (Å²) in [6.07, 6.45) is 2.26. The molecule has 0 radical (unpaired) electrons. The summed E-state index contributed by atoms with van der Waals surface area (Å²) in [5, 5.41) is 9.25. The van der Waals surface area contributed by atoms with Gasteiger partial charge < -0.3 is 14.9 Å². The van der Waals surface area contributed by atoms with Crippen molar-refractivity contribution in [3.8, 4) is 0 Å². The number of hydrogen-bond donors (Lipinski definition) is 1. The third-order valence-electron chi connectivity index (χ3n) is 3.66. The number of hydrogen-bond acceptors (Lipinski definition) is 3. The summed E-state index contributed by atoms with van der Waals surface area (Å²) in [5.74, 6) is -1.11. The van der Waals surface area contributed by atoms with Crippen LogP contribution in [0.2, 0.25) is 0 Å². The zero-order chi connectivity index (χ0) is 14.7. The van der Waals surface area contributed by atoms with Crippen molar-refractivity contribution in [1.82, 2.24) is 4.90 Å². The summed E-state index contributed by atoms with van der Waals surface area (Å²) < 4.78 is 0. The summed E-state index contributed by atoms with van der Waals surface area (Å²) in [6, 6.07) is 6.59. The van der Waals surface area contributed by atoms with Gasteiger partial charge in [-0.2, -0.15) is 0 Å². The predicted octanol–water partition coefficient (Wildman–Crippen LogP) is 1.83. The number of benzene rings is 1. The van der Waals surface area contributed by atoms with Crippen LogP contribution < -0.4 is 4.90 Å². The summed E-state index contributed by atoms with van der Waals surface area (Å²) in [4.78, 5) is 27.2. The van der Waals surface area contributed by atoms with Crippen molar-refractivity contribution < 1.29 is 14.7 Å². The van der Waals surface area contributed by atoms with Crippen molar-refractivity contribution in [2.45, 2.75) is 25.3 Å². The van der Waals surface area contributed by atoms with E-state index in [0.717, 1.165) is 18.5 Å². The highest BCUT2D eigenvalue weighted by Gasteiger charge is 2.32. The van der Waals surface area contributed by atoms with Gasteiger partial charge in [-0.3, -0.25) is 4.79 Å². The fourth-order valence-corrected chi connectivity index (χ4v) is 2.51. The Kier molecular flexibility index (Phi) is 4.27. The molecule has 1 aliphatic rings. The minimum absolute atomic E-state index is 0.194. The Morgan fingerprint density at radius 3 is 2.70 bits per heavy atom. The molecule has 108 valence electrons. The highest BCUT2D eigenvalue weighted by Crippen LogP contribution is 2.21. The molecule has 0 aliphatic carbocycles. The summed E-state index contributed by atoms with van der Waals surface area (Å²) in [6.45, 7) is 0.516. The van der Waals surface area contributed by atoms with E-state index in [2.05, 4.69) is 0 Å². The molecule has 1 aromatic carbocycles. The van der Waals surface area contributed by atoms with Crippen LogP contribution in [0.4, 0.5) is 5.69 Å². The lowest BCUT2D eigenvalue weighted by atomic mass is 10.0. The first-order valence-corrected chi connectivity index (χ1v) is 6.82. The molecule has 1 saturated heterocycles. The number of likely N-dealkylation sites (tertiary alicyclic amines) is 1. The molecule has 1 N–H and O–H groups in total. The van der Waals surface area contributed by atoms with Gasteiger partial charge in [-0.15, -0.1) is 0 Å². The van der Waals surface area contributed by atoms with Crippen LogP contribution in [0.15, 0.2) is 24.3 Å². The van der Waals surface area contributed by atoms with Crippen LogP contribution in [0.5, 0.6) is 0 Å². The topological polar surface area (TPSA) is 60.9 Å². The second kappa shape index (κ2) is 5.94. The maximum absolute atomic E-state index is 12.5. The molecule has 2 rings (SSSR count). The number of amides is 1. The van der Waals surface area contributed by atoms with Gasteiger partial charge in [0.25, 0.3) is 5.91 Å². The zero-order valence-corrected chi connectivity index (χ0v) is 11.9. The molecule has 1 unspecified atom stereocenters. The lowest BCUT2D eigenvalue weighted by Gasteiger charge is -2.33. The van der Waals surface area contributed by atoms with E-state index in [9.17, 15) is 14.7 Å². The van der Waals surface area contributed by atoms with E-state index in [1.54, 1.807) is 12.1 Å². The van der Waals surface area contributed by atoms with E-state index in [4.69, 9.17) is 0 Å². The SMILES string of the molecule is CN(C)c1cccc(C(=O)N2CCCCC2C(=O)O)c1. The van der Waals surface area contributed by atoms with Gasteiger partial charge in [0.05, 0.1) is 0 Å². The van der Waals surface area contributed by atoms with Crippen LogP contribution in [0.1, 0.15) is 29.6 Å². The molecular weight excluding hydrogens is 256 g/mol. The maximum Gasteiger partial charge on any atom is 0.326 e. The van der Waals surface area contributed by atoms with Crippen molar-refractivity contribution in [1.29, 1.82) is 0 Å². The molecule has 0 saturated carbocycles. The fraction of sp³-hybridized carbons (Fsp3) is 0.467. The average molecular weight is 276 g/mol. The first kappa shape index (κ1) is 14.4. The standard InChI is InChI=1S/C15H20N2O3/c1-16(2)12-7-5-6-11(10-12)14(18)17-9-4-3-8-13(17)15(19)20/h5-7,10,13H,3-4,8-9H2,1-2H3,(H,19,20). The largest absolute Gasteiger partial charge is 0.480 e. The Morgan fingerprint density at radius 2 is 2.05 bits per heavy atom. The van der Waals surface area contributed by atoms with Crippen LogP contribution >= 0.6 is 0 Å². The zero-order valence-electron chi connectivity index (χ0n) is 11.9. The summed E-state index contributed by atoms with van der Waals surface area (Å²) in [7, 11) is 3.81. The smallest absolute Gasteiger partial charge is 0.326 e. The number of carbonyl (C=O) groups is 2. The molecule has 0 aromatic heterocycles. The van der Waals surface area contributed by atoms with Crippen LogP contribution in [0.3, 0.4) is 0 Å². The molecule has 1 fully saturated rings. The van der Waals surface area contributed by atoms with Gasteiger partial charge in [-0.1, -0.05) is 6.07 Å². The monoisotopic (exact) mass is 276 g/mol. The fourth-order valence-electron chi connectivity index (χ4n) is 2.51. The molecule has 0 bridgehead atoms. The van der Waals surface area contributed by atoms with E-state index < -0.39 is 12.0 Å². The average Bonchev–Trinajstić information content (AvgIpc) is 2.46. The number of piperidine rings is 1. The Morgan fingerprint density at radius 1 is 1.30 bits per heavy atom. The minimum Gasteiger partial charge on any atom is -0.480 e. The van der Waals surface area contributed by atoms with Crippen molar-refractivity contribution in [2.24, 2.45) is 0 Å². The lowest BCUT2D eigenvalue weighted by Crippen LogP contribution is -2.48. The summed E-state index contributed by atoms with van der Waals surface area (Å²) >= 11 is 0. The molecule has 1 atom stereocenters. The molecule has 20 heavy (non-hydrogen) atoms. The Bertz CT molecular complexity index is 514. The first-order chi connectivity index (χ1) is 9.50. The normalized spacial score (nSPS) is 18.7. The number of rotatable bonds is 3. The second-order valence-corrected chi connectivity index (χ2v) is 5.29. The first-order valence-electron chi connectivity index (χ1n) is 6.82. The second-order valence-electron chi connectivity index (χ2n) is 5.29. The molecule has 5 nitrogen and oxygen atoms in total. The predicted molar refractivity (Wildman–Crippen MR) is 77.1 cm³/mol. The van der Waals surface area contributed by atoms with E-state index in [1.807, 2.05) is 31.1 Å². The van der Waals surface area contributed by atoms with Crippen molar-refractivity contribution >= 4 is 17.6 Å². The van der Waals surface area contributed by atoms with Crippen molar-refractivity contribution in [2.75, 3.05) is 25.5 Å². The third-order valence-corrected chi connectivity index (χ3v) is 3.66. The number of aliphatic carboxylic acids is 1. The van der Waals surface area contributed by atoms with E-state index in [1.165, 1.54) is 4.90 Å². The number of nitrogens with zero attached hydrogens (tertiary/aromatic N) is 2. The molecule has 1 aliphatic heterocycles. The number of carboxylic acid groups (broad SMARTS) is 1. The van der Waals surface area contributed by atoms with Gasteiger partial charge in [0.2, 0.25) is 0 Å². The van der Waals surface area contributed by atoms with Crippen LogP contribution in [0, 0.1) is 0 Å². The molecule has 1 amide bonds. The van der Waals surface area contributed by atoms with Crippen molar-refractivity contribution in [3.05, 3.63) is 29.8 Å². The van der Waals surface area contributed by atoms with Gasteiger partial charge in [-0.05, 0) is 37.5 Å².